The molecule has 0 radical (unpaired) electrons. The van der Waals surface area contributed by atoms with Crippen LogP contribution in [0.5, 0.6) is 0 Å². The summed E-state index contributed by atoms with van der Waals surface area (Å²) in [5.74, 6) is 0.641. The lowest BCUT2D eigenvalue weighted by molar-refractivity contribution is -0.136. The minimum atomic E-state index is -0.715. The van der Waals surface area contributed by atoms with E-state index in [1.165, 1.54) is 4.90 Å². The van der Waals surface area contributed by atoms with Crippen molar-refractivity contribution >= 4 is 11.9 Å². The van der Waals surface area contributed by atoms with Crippen molar-refractivity contribution in [2.45, 2.75) is 58.0 Å². The number of likely N-dealkylation sites (tertiary alicyclic amines) is 1. The van der Waals surface area contributed by atoms with Crippen LogP contribution in [0.3, 0.4) is 0 Å². The second-order valence-electron chi connectivity index (χ2n) is 9.62. The maximum Gasteiger partial charge on any atom is 0.327 e. The molecule has 3 amide bonds. The van der Waals surface area contributed by atoms with Crippen LogP contribution < -0.4 is 0 Å². The first-order valence-corrected chi connectivity index (χ1v) is 12.3. The minimum absolute atomic E-state index is 0.00203. The number of carbonyl (C=O) groups is 2. The predicted octanol–water partition coefficient (Wildman–Crippen LogP) is 4.36. The highest BCUT2D eigenvalue weighted by Gasteiger charge is 2.57. The summed E-state index contributed by atoms with van der Waals surface area (Å²) < 4.78 is 0. The van der Waals surface area contributed by atoms with Gasteiger partial charge in [0.15, 0.2) is 0 Å². The zero-order chi connectivity index (χ0) is 23.3. The van der Waals surface area contributed by atoms with Crippen molar-refractivity contribution in [1.82, 2.24) is 19.7 Å². The maximum atomic E-state index is 13.8. The molecular formula is C27H36N4O2. The van der Waals surface area contributed by atoms with Gasteiger partial charge in [-0.2, -0.15) is 0 Å². The molecule has 1 aromatic heterocycles. The molecule has 0 saturated carbocycles. The Balaban J connectivity index is 1.49. The molecule has 1 aromatic carbocycles. The van der Waals surface area contributed by atoms with Crippen LogP contribution >= 0.6 is 0 Å². The number of aromatic nitrogens is 1. The number of aryl methyl sites for hydroxylation is 1. The molecule has 4 rings (SSSR count). The van der Waals surface area contributed by atoms with E-state index in [1.54, 1.807) is 6.20 Å². The Bertz CT molecular complexity index is 926. The summed E-state index contributed by atoms with van der Waals surface area (Å²) in [5.41, 5.74) is 1.48. The third-order valence-electron chi connectivity index (χ3n) is 7.33. The number of hydrogen-bond acceptors (Lipinski definition) is 4. The zero-order valence-corrected chi connectivity index (χ0v) is 19.9. The van der Waals surface area contributed by atoms with Crippen LogP contribution in [0.25, 0.3) is 0 Å². The molecule has 1 atom stereocenters. The maximum absolute atomic E-state index is 13.8. The second-order valence-corrected chi connectivity index (χ2v) is 9.62. The first-order chi connectivity index (χ1) is 16.0. The number of imide groups is 1. The Morgan fingerprint density at radius 1 is 1.03 bits per heavy atom. The molecule has 0 N–H and O–H groups in total. The Kier molecular flexibility index (Phi) is 7.43. The number of benzene rings is 1. The third kappa shape index (κ3) is 5.11. The van der Waals surface area contributed by atoms with Gasteiger partial charge < -0.3 is 9.80 Å². The van der Waals surface area contributed by atoms with Gasteiger partial charge in [-0.3, -0.25) is 14.7 Å². The molecule has 176 valence electrons. The molecule has 2 aromatic rings. The van der Waals surface area contributed by atoms with Gasteiger partial charge in [0.2, 0.25) is 0 Å². The van der Waals surface area contributed by atoms with Crippen LogP contribution in [0.15, 0.2) is 54.9 Å². The molecule has 6 nitrogen and oxygen atoms in total. The summed E-state index contributed by atoms with van der Waals surface area (Å²) in [6.07, 6.45) is 7.74. The van der Waals surface area contributed by atoms with Crippen LogP contribution in [-0.2, 0) is 17.8 Å². The Labute approximate surface area is 197 Å². The van der Waals surface area contributed by atoms with E-state index in [4.69, 9.17) is 0 Å². The highest BCUT2D eigenvalue weighted by atomic mass is 16.2. The number of rotatable bonds is 9. The van der Waals surface area contributed by atoms with Crippen LogP contribution in [0.1, 0.15) is 50.7 Å². The monoisotopic (exact) mass is 448 g/mol. The highest BCUT2D eigenvalue weighted by molar-refractivity contribution is 6.07. The summed E-state index contributed by atoms with van der Waals surface area (Å²) in [6.45, 7) is 8.21. The number of pyridine rings is 1. The minimum Gasteiger partial charge on any atom is -0.305 e. The Morgan fingerprint density at radius 2 is 1.76 bits per heavy atom. The zero-order valence-electron chi connectivity index (χ0n) is 19.9. The van der Waals surface area contributed by atoms with Gasteiger partial charge in [-0.1, -0.05) is 56.7 Å². The third-order valence-corrected chi connectivity index (χ3v) is 7.33. The summed E-state index contributed by atoms with van der Waals surface area (Å²) in [5, 5.41) is 0. The molecule has 3 heterocycles. The molecule has 0 aliphatic carbocycles. The van der Waals surface area contributed by atoms with Gasteiger partial charge in [0.1, 0.15) is 5.54 Å². The van der Waals surface area contributed by atoms with Gasteiger partial charge in [-0.25, -0.2) is 4.79 Å². The summed E-state index contributed by atoms with van der Waals surface area (Å²) in [6, 6.07) is 13.9. The van der Waals surface area contributed by atoms with Crippen LogP contribution in [0.2, 0.25) is 0 Å². The van der Waals surface area contributed by atoms with Gasteiger partial charge in [-0.15, -0.1) is 0 Å². The highest BCUT2D eigenvalue weighted by Crippen LogP contribution is 2.38. The number of nitrogens with zero attached hydrogens (tertiary/aromatic N) is 4. The molecule has 2 aliphatic heterocycles. The fraction of sp³-hybridized carbons (Fsp3) is 0.519. The lowest BCUT2D eigenvalue weighted by atomic mass is 9.85. The average Bonchev–Trinajstić information content (AvgIpc) is 3.03. The number of hydrogen-bond donors (Lipinski definition) is 0. The van der Waals surface area contributed by atoms with Crippen molar-refractivity contribution in [2.75, 3.05) is 26.2 Å². The van der Waals surface area contributed by atoms with E-state index in [9.17, 15) is 9.59 Å². The number of amides is 3. The van der Waals surface area contributed by atoms with Crippen LogP contribution in [-0.4, -0.2) is 63.3 Å². The number of carbonyl (C=O) groups excluding carboxylic acids is 2. The molecule has 1 unspecified atom stereocenters. The van der Waals surface area contributed by atoms with E-state index in [0.717, 1.165) is 50.0 Å². The molecule has 0 bridgehead atoms. The molecule has 1 spiro atoms. The summed E-state index contributed by atoms with van der Waals surface area (Å²) in [7, 11) is 0. The SMILES string of the molecule is CCC(C)CN1CCC2(CC1)C(=O)N(CCCc1cccnc1)C(=O)N2Cc1ccccc1. The van der Waals surface area contributed by atoms with E-state index in [0.29, 0.717) is 31.8 Å². The smallest absolute Gasteiger partial charge is 0.305 e. The topological polar surface area (TPSA) is 56.8 Å². The first kappa shape index (κ1) is 23.4. The fourth-order valence-corrected chi connectivity index (χ4v) is 5.11. The average molecular weight is 449 g/mol. The van der Waals surface area contributed by atoms with E-state index in [1.807, 2.05) is 53.6 Å². The lowest BCUT2D eigenvalue weighted by Crippen LogP contribution is -2.56. The quantitative estimate of drug-likeness (QED) is 0.535. The van der Waals surface area contributed by atoms with Gasteiger partial charge in [-0.05, 0) is 48.8 Å². The molecule has 2 saturated heterocycles. The molecule has 2 fully saturated rings. The van der Waals surface area contributed by atoms with Crippen molar-refractivity contribution in [2.24, 2.45) is 5.92 Å². The normalized spacial score (nSPS) is 19.5. The largest absolute Gasteiger partial charge is 0.327 e. The van der Waals surface area contributed by atoms with E-state index in [2.05, 4.69) is 23.7 Å². The fourth-order valence-electron chi connectivity index (χ4n) is 5.11. The molecule has 33 heavy (non-hydrogen) atoms. The first-order valence-electron chi connectivity index (χ1n) is 12.3. The number of piperidine rings is 1. The Morgan fingerprint density at radius 3 is 2.42 bits per heavy atom. The van der Waals surface area contributed by atoms with Gasteiger partial charge in [0, 0.05) is 45.1 Å². The van der Waals surface area contributed by atoms with Crippen molar-refractivity contribution in [1.29, 1.82) is 0 Å². The summed E-state index contributed by atoms with van der Waals surface area (Å²) >= 11 is 0. The van der Waals surface area contributed by atoms with Gasteiger partial charge in [0.05, 0.1) is 0 Å². The van der Waals surface area contributed by atoms with Crippen molar-refractivity contribution in [3.05, 3.63) is 66.0 Å². The van der Waals surface area contributed by atoms with E-state index >= 15 is 0 Å². The Hall–Kier alpha value is -2.73. The molecule has 6 heteroatoms. The van der Waals surface area contributed by atoms with Crippen LogP contribution in [0.4, 0.5) is 4.79 Å². The molecule has 2 aliphatic rings. The predicted molar refractivity (Wildman–Crippen MR) is 130 cm³/mol. The lowest BCUT2D eigenvalue weighted by Gasteiger charge is -2.42. The number of urea groups is 1. The standard InChI is InChI=1S/C27H36N4O2/c1-3-22(2)20-29-17-13-27(14-18-29)25(32)30(16-8-12-23-11-7-15-28-19-23)26(33)31(27)21-24-9-5-4-6-10-24/h4-7,9-11,15,19,22H,3,8,12-14,16-18,20-21H2,1-2H3. The van der Waals surface area contributed by atoms with Gasteiger partial charge >= 0.3 is 6.03 Å². The van der Waals surface area contributed by atoms with Crippen LogP contribution in [0, 0.1) is 5.92 Å². The van der Waals surface area contributed by atoms with E-state index in [-0.39, 0.29) is 11.9 Å². The van der Waals surface area contributed by atoms with E-state index < -0.39 is 5.54 Å². The van der Waals surface area contributed by atoms with Gasteiger partial charge in [0.25, 0.3) is 5.91 Å². The van der Waals surface area contributed by atoms with Crippen molar-refractivity contribution in [3.8, 4) is 0 Å². The van der Waals surface area contributed by atoms with Crippen molar-refractivity contribution in [3.63, 3.8) is 0 Å². The second kappa shape index (κ2) is 10.5. The van der Waals surface area contributed by atoms with Crippen molar-refractivity contribution < 1.29 is 9.59 Å². The molecular weight excluding hydrogens is 412 g/mol. The summed E-state index contributed by atoms with van der Waals surface area (Å²) in [4.78, 5) is 37.3.